The van der Waals surface area contributed by atoms with Crippen LogP contribution in [-0.4, -0.2) is 61.1 Å². The molecule has 11 heteroatoms. The molecule has 3 aromatic rings. The smallest absolute Gasteiger partial charge is 0.286 e. The van der Waals surface area contributed by atoms with Gasteiger partial charge in [0.25, 0.3) is 11.6 Å². The minimum Gasteiger partial charge on any atom is -0.493 e. The van der Waals surface area contributed by atoms with Crippen LogP contribution < -0.4 is 14.4 Å². The molecule has 0 aliphatic carbocycles. The van der Waals surface area contributed by atoms with Crippen molar-refractivity contribution in [3.63, 3.8) is 0 Å². The summed E-state index contributed by atoms with van der Waals surface area (Å²) in [6.07, 6.45) is 0. The van der Waals surface area contributed by atoms with E-state index in [1.807, 2.05) is 18.2 Å². The molecule has 0 bridgehead atoms. The predicted molar refractivity (Wildman–Crippen MR) is 122 cm³/mol. The summed E-state index contributed by atoms with van der Waals surface area (Å²) in [4.78, 5) is 32.5. The molecule has 31 heavy (non-hydrogen) atoms. The Balaban J connectivity index is 1.53. The third kappa shape index (κ3) is 4.15. The van der Waals surface area contributed by atoms with Crippen LogP contribution in [0.15, 0.2) is 34.8 Å². The number of benzene rings is 2. The van der Waals surface area contributed by atoms with E-state index in [0.29, 0.717) is 26.2 Å². The molecule has 2 aromatic carbocycles. The molecule has 0 atom stereocenters. The number of amides is 1. The minimum absolute atomic E-state index is 0.0130. The van der Waals surface area contributed by atoms with Gasteiger partial charge in [-0.15, -0.1) is 0 Å². The number of carbonyl (C=O) groups excluding carboxylic acids is 1. The Kier molecular flexibility index (Phi) is 5.96. The molecule has 1 saturated heterocycles. The number of thiazole rings is 1. The highest BCUT2D eigenvalue weighted by Gasteiger charge is 2.30. The number of nitrogens with zero attached hydrogens (tertiary/aromatic N) is 4. The largest absolute Gasteiger partial charge is 0.493 e. The van der Waals surface area contributed by atoms with E-state index in [1.165, 1.54) is 26.4 Å². The highest BCUT2D eigenvalue weighted by Crippen LogP contribution is 2.36. The van der Waals surface area contributed by atoms with Gasteiger partial charge in [-0.25, -0.2) is 4.98 Å². The number of nitro benzene ring substituents is 1. The molecule has 2 heterocycles. The van der Waals surface area contributed by atoms with Crippen molar-refractivity contribution in [1.29, 1.82) is 0 Å². The highest BCUT2D eigenvalue weighted by molar-refractivity contribution is 9.10. The number of anilines is 1. The molecule has 0 unspecified atom stereocenters. The Hall–Kier alpha value is -2.92. The van der Waals surface area contributed by atoms with E-state index in [-0.39, 0.29) is 22.7 Å². The molecule has 0 spiro atoms. The van der Waals surface area contributed by atoms with Crippen molar-refractivity contribution in [2.24, 2.45) is 0 Å². The SMILES string of the molecule is COc1cc(C(=O)N2CCN(c3nc4ccc(Br)cc4s3)CC2)c([N+](=O)[O-])cc1OC. The Labute approximate surface area is 190 Å². The first-order valence-electron chi connectivity index (χ1n) is 9.42. The van der Waals surface area contributed by atoms with Gasteiger partial charge in [0.2, 0.25) is 0 Å². The lowest BCUT2D eigenvalue weighted by atomic mass is 10.1. The van der Waals surface area contributed by atoms with Gasteiger partial charge in [-0.1, -0.05) is 27.3 Å². The topological polar surface area (TPSA) is 98.0 Å². The lowest BCUT2D eigenvalue weighted by Crippen LogP contribution is -2.48. The number of ether oxygens (including phenoxy) is 2. The van der Waals surface area contributed by atoms with Crippen molar-refractivity contribution < 1.29 is 19.2 Å². The lowest BCUT2D eigenvalue weighted by molar-refractivity contribution is -0.385. The first-order chi connectivity index (χ1) is 14.9. The second kappa shape index (κ2) is 8.67. The molecular formula is C20H19BrN4O5S. The van der Waals surface area contributed by atoms with E-state index in [2.05, 4.69) is 25.8 Å². The molecule has 0 radical (unpaired) electrons. The van der Waals surface area contributed by atoms with Crippen LogP contribution in [0, 0.1) is 10.1 Å². The summed E-state index contributed by atoms with van der Waals surface area (Å²) in [6, 6.07) is 8.55. The Morgan fingerprint density at radius 2 is 1.81 bits per heavy atom. The fraction of sp³-hybridized carbons (Fsp3) is 0.300. The standard InChI is InChI=1S/C20H19BrN4O5S/c1-29-16-10-13(15(25(27)28)11-17(16)30-2)19(26)23-5-7-24(8-6-23)20-22-14-4-3-12(21)9-18(14)31-20/h3-4,9-11H,5-8H2,1-2H3. The summed E-state index contributed by atoms with van der Waals surface area (Å²) in [5, 5.41) is 12.4. The van der Waals surface area contributed by atoms with E-state index in [0.717, 1.165) is 19.8 Å². The number of hydrogen-bond acceptors (Lipinski definition) is 8. The molecule has 1 amide bonds. The number of methoxy groups -OCH3 is 2. The van der Waals surface area contributed by atoms with Crippen LogP contribution in [0.1, 0.15) is 10.4 Å². The second-order valence-corrected chi connectivity index (χ2v) is 8.79. The first-order valence-corrected chi connectivity index (χ1v) is 11.0. The van der Waals surface area contributed by atoms with Gasteiger partial charge >= 0.3 is 0 Å². The van der Waals surface area contributed by atoms with Crippen LogP contribution in [-0.2, 0) is 0 Å². The number of halogens is 1. The third-order valence-corrected chi connectivity index (χ3v) is 6.68. The normalized spacial score (nSPS) is 14.0. The fourth-order valence-corrected chi connectivity index (χ4v) is 5.05. The Morgan fingerprint density at radius 1 is 1.13 bits per heavy atom. The van der Waals surface area contributed by atoms with Crippen LogP contribution in [0.4, 0.5) is 10.8 Å². The maximum absolute atomic E-state index is 13.1. The van der Waals surface area contributed by atoms with Crippen LogP contribution in [0.5, 0.6) is 11.5 Å². The van der Waals surface area contributed by atoms with E-state index in [4.69, 9.17) is 9.47 Å². The zero-order valence-corrected chi connectivity index (χ0v) is 19.2. The van der Waals surface area contributed by atoms with Gasteiger partial charge in [0.15, 0.2) is 16.6 Å². The summed E-state index contributed by atoms with van der Waals surface area (Å²) in [5.41, 5.74) is 0.616. The summed E-state index contributed by atoms with van der Waals surface area (Å²) >= 11 is 5.08. The Bertz CT molecular complexity index is 1160. The van der Waals surface area contributed by atoms with Gasteiger partial charge in [0, 0.05) is 36.7 Å². The van der Waals surface area contributed by atoms with E-state index < -0.39 is 10.8 Å². The minimum atomic E-state index is -0.579. The van der Waals surface area contributed by atoms with Gasteiger partial charge in [-0.3, -0.25) is 14.9 Å². The third-order valence-electron chi connectivity index (χ3n) is 5.11. The van der Waals surface area contributed by atoms with Crippen molar-refractivity contribution in [3.8, 4) is 11.5 Å². The highest BCUT2D eigenvalue weighted by atomic mass is 79.9. The van der Waals surface area contributed by atoms with E-state index in [1.54, 1.807) is 16.2 Å². The first kappa shape index (κ1) is 21.3. The van der Waals surface area contributed by atoms with Crippen molar-refractivity contribution >= 4 is 54.2 Å². The molecule has 162 valence electrons. The number of hydrogen-bond donors (Lipinski definition) is 0. The molecular weight excluding hydrogens is 488 g/mol. The van der Waals surface area contributed by atoms with Crippen molar-refractivity contribution in [2.45, 2.75) is 0 Å². The van der Waals surface area contributed by atoms with Gasteiger partial charge < -0.3 is 19.3 Å². The van der Waals surface area contributed by atoms with Crippen molar-refractivity contribution in [3.05, 3.63) is 50.5 Å². The van der Waals surface area contributed by atoms with Crippen LogP contribution in [0.3, 0.4) is 0 Å². The average Bonchev–Trinajstić information content (AvgIpc) is 3.20. The summed E-state index contributed by atoms with van der Waals surface area (Å²) in [6.45, 7) is 2.05. The molecule has 0 N–H and O–H groups in total. The number of nitro groups is 1. The lowest BCUT2D eigenvalue weighted by Gasteiger charge is -2.34. The fourth-order valence-electron chi connectivity index (χ4n) is 3.48. The maximum atomic E-state index is 13.1. The molecule has 0 saturated carbocycles. The van der Waals surface area contributed by atoms with Gasteiger partial charge in [0.1, 0.15) is 5.56 Å². The quantitative estimate of drug-likeness (QED) is 0.381. The maximum Gasteiger partial charge on any atom is 0.286 e. The molecule has 4 rings (SSSR count). The van der Waals surface area contributed by atoms with Crippen LogP contribution >= 0.6 is 27.3 Å². The summed E-state index contributed by atoms with van der Waals surface area (Å²) < 4.78 is 12.4. The second-order valence-electron chi connectivity index (χ2n) is 6.87. The van der Waals surface area contributed by atoms with E-state index >= 15 is 0 Å². The average molecular weight is 507 g/mol. The number of piperazine rings is 1. The van der Waals surface area contributed by atoms with E-state index in [9.17, 15) is 14.9 Å². The monoisotopic (exact) mass is 506 g/mol. The molecule has 1 aliphatic rings. The number of fused-ring (bicyclic) bond motifs is 1. The number of rotatable bonds is 5. The number of carbonyl (C=O) groups is 1. The van der Waals surface area contributed by atoms with Crippen molar-refractivity contribution in [2.75, 3.05) is 45.3 Å². The predicted octanol–water partition coefficient (Wildman–Crippen LogP) is 3.95. The Morgan fingerprint density at radius 3 is 2.45 bits per heavy atom. The zero-order chi connectivity index (χ0) is 22.1. The van der Waals surface area contributed by atoms with Gasteiger partial charge in [-0.2, -0.15) is 0 Å². The van der Waals surface area contributed by atoms with Gasteiger partial charge in [0.05, 0.1) is 35.4 Å². The number of aromatic nitrogens is 1. The molecule has 1 aliphatic heterocycles. The molecule has 1 aromatic heterocycles. The van der Waals surface area contributed by atoms with Crippen LogP contribution in [0.25, 0.3) is 10.2 Å². The molecule has 9 nitrogen and oxygen atoms in total. The van der Waals surface area contributed by atoms with Crippen LogP contribution in [0.2, 0.25) is 0 Å². The van der Waals surface area contributed by atoms with Crippen molar-refractivity contribution in [1.82, 2.24) is 9.88 Å². The summed E-state index contributed by atoms with van der Waals surface area (Å²) in [5.74, 6) is 0.0781. The van der Waals surface area contributed by atoms with Gasteiger partial charge in [-0.05, 0) is 18.2 Å². The zero-order valence-electron chi connectivity index (χ0n) is 16.8. The summed E-state index contributed by atoms with van der Waals surface area (Å²) in [7, 11) is 2.82. The molecule has 1 fully saturated rings.